The second kappa shape index (κ2) is 14.7. The number of carbonyl (C=O) groups excluding carboxylic acids is 1. The molecule has 1 rings (SSSR count). The summed E-state index contributed by atoms with van der Waals surface area (Å²) >= 11 is 0. The molecule has 0 aromatic heterocycles. The van der Waals surface area contributed by atoms with Gasteiger partial charge in [0.25, 0.3) is 5.91 Å². The minimum Gasteiger partial charge on any atom is -0.357 e. The zero-order chi connectivity index (χ0) is 17.6. The molecule has 1 amide bonds. The Morgan fingerprint density at radius 1 is 1.24 bits per heavy atom. The Hall–Kier alpha value is -1.57. The predicted octanol–water partition coefficient (Wildman–Crippen LogP) is 3.29. The van der Waals surface area contributed by atoms with Gasteiger partial charge in [0, 0.05) is 38.8 Å². The van der Waals surface area contributed by atoms with Gasteiger partial charge in [0.15, 0.2) is 5.96 Å². The highest BCUT2D eigenvalue weighted by atomic mass is 127. The van der Waals surface area contributed by atoms with E-state index in [0.717, 1.165) is 38.3 Å². The van der Waals surface area contributed by atoms with E-state index in [1.165, 1.54) is 0 Å². The maximum Gasteiger partial charge on any atom is 0.251 e. The van der Waals surface area contributed by atoms with Gasteiger partial charge < -0.3 is 15.5 Å². The summed E-state index contributed by atoms with van der Waals surface area (Å²) in [7, 11) is 2.04. The van der Waals surface area contributed by atoms with Gasteiger partial charge >= 0.3 is 0 Å². The number of unbranched alkanes of at least 4 members (excludes halogenated alkanes) is 1. The normalized spacial score (nSPS) is 10.6. The zero-order valence-electron chi connectivity index (χ0n) is 15.3. The maximum atomic E-state index is 11.9. The standard InChI is InChI=1S/C19H30N4O.HI/c1-4-6-10-16-23(3)19(20-5-2)22-15-11-14-21-18(24)17-12-8-7-9-13-17;/h4,7-9,12-13H,1,5-6,10-11,14-16H2,2-3H3,(H,20,22)(H,21,24);1H. The van der Waals surface area contributed by atoms with Gasteiger partial charge in [-0.05, 0) is 38.3 Å². The number of amides is 1. The van der Waals surface area contributed by atoms with Crippen LogP contribution < -0.4 is 10.6 Å². The number of allylic oxidation sites excluding steroid dienone is 1. The van der Waals surface area contributed by atoms with Gasteiger partial charge in [0.05, 0.1) is 0 Å². The lowest BCUT2D eigenvalue weighted by atomic mass is 10.2. The Labute approximate surface area is 169 Å². The molecule has 0 bridgehead atoms. The summed E-state index contributed by atoms with van der Waals surface area (Å²) in [6.07, 6.45) is 4.83. The summed E-state index contributed by atoms with van der Waals surface area (Å²) in [6.45, 7) is 8.90. The van der Waals surface area contributed by atoms with Crippen LogP contribution in [-0.4, -0.2) is 50.0 Å². The van der Waals surface area contributed by atoms with Crippen LogP contribution in [0.15, 0.2) is 48.0 Å². The van der Waals surface area contributed by atoms with Crippen LogP contribution in [0.5, 0.6) is 0 Å². The van der Waals surface area contributed by atoms with Gasteiger partial charge in [-0.15, -0.1) is 30.6 Å². The molecule has 0 saturated carbocycles. The molecule has 5 nitrogen and oxygen atoms in total. The van der Waals surface area contributed by atoms with Crippen molar-refractivity contribution < 1.29 is 4.79 Å². The van der Waals surface area contributed by atoms with E-state index in [1.54, 1.807) is 0 Å². The second-order valence-electron chi connectivity index (χ2n) is 5.56. The van der Waals surface area contributed by atoms with Gasteiger partial charge in [-0.25, -0.2) is 0 Å². The van der Waals surface area contributed by atoms with Crippen molar-refractivity contribution in [1.82, 2.24) is 15.5 Å². The molecule has 0 saturated heterocycles. The van der Waals surface area contributed by atoms with Crippen molar-refractivity contribution in [3.05, 3.63) is 48.6 Å². The molecule has 1 aromatic carbocycles. The molecule has 1 aromatic rings. The highest BCUT2D eigenvalue weighted by molar-refractivity contribution is 14.0. The smallest absolute Gasteiger partial charge is 0.251 e. The van der Waals surface area contributed by atoms with Crippen molar-refractivity contribution in [2.24, 2.45) is 4.99 Å². The largest absolute Gasteiger partial charge is 0.357 e. The molecule has 0 aliphatic heterocycles. The molecule has 25 heavy (non-hydrogen) atoms. The summed E-state index contributed by atoms with van der Waals surface area (Å²) in [5.41, 5.74) is 0.691. The number of hydrogen-bond acceptors (Lipinski definition) is 2. The molecule has 0 fully saturated rings. The molecule has 0 heterocycles. The number of hydrogen-bond donors (Lipinski definition) is 2. The lowest BCUT2D eigenvalue weighted by Gasteiger charge is -2.21. The Morgan fingerprint density at radius 2 is 1.96 bits per heavy atom. The fourth-order valence-electron chi connectivity index (χ4n) is 2.21. The van der Waals surface area contributed by atoms with Gasteiger partial charge in [0.2, 0.25) is 0 Å². The van der Waals surface area contributed by atoms with Crippen molar-refractivity contribution in [2.75, 3.05) is 33.2 Å². The zero-order valence-corrected chi connectivity index (χ0v) is 17.7. The van der Waals surface area contributed by atoms with E-state index in [4.69, 9.17) is 0 Å². The van der Waals surface area contributed by atoms with E-state index in [2.05, 4.69) is 34.0 Å². The number of guanidine groups is 1. The van der Waals surface area contributed by atoms with Crippen LogP contribution in [0.25, 0.3) is 0 Å². The van der Waals surface area contributed by atoms with E-state index in [-0.39, 0.29) is 29.9 Å². The molecule has 0 unspecified atom stereocenters. The minimum atomic E-state index is -0.0342. The number of benzene rings is 1. The topological polar surface area (TPSA) is 56.7 Å². The Morgan fingerprint density at radius 3 is 2.60 bits per heavy atom. The van der Waals surface area contributed by atoms with E-state index in [0.29, 0.717) is 18.7 Å². The predicted molar refractivity (Wildman–Crippen MR) is 117 cm³/mol. The van der Waals surface area contributed by atoms with Crippen LogP contribution in [0.4, 0.5) is 0 Å². The molecular formula is C19H31IN4O. The third-order valence-corrected chi connectivity index (χ3v) is 3.52. The monoisotopic (exact) mass is 458 g/mol. The van der Waals surface area contributed by atoms with Crippen LogP contribution in [0.2, 0.25) is 0 Å². The van der Waals surface area contributed by atoms with Crippen molar-refractivity contribution >= 4 is 35.8 Å². The fourth-order valence-corrected chi connectivity index (χ4v) is 2.21. The first kappa shape index (κ1) is 23.4. The number of carbonyl (C=O) groups is 1. The summed E-state index contributed by atoms with van der Waals surface area (Å²) in [6, 6.07) is 9.26. The average molecular weight is 458 g/mol. The first-order valence-electron chi connectivity index (χ1n) is 8.62. The quantitative estimate of drug-likeness (QED) is 0.186. The fraction of sp³-hybridized carbons (Fsp3) is 0.474. The summed E-state index contributed by atoms with van der Waals surface area (Å²) < 4.78 is 0. The average Bonchev–Trinajstić information content (AvgIpc) is 2.61. The number of rotatable bonds is 10. The molecule has 0 aliphatic carbocycles. The first-order valence-corrected chi connectivity index (χ1v) is 8.62. The highest BCUT2D eigenvalue weighted by Gasteiger charge is 2.05. The lowest BCUT2D eigenvalue weighted by Crippen LogP contribution is -2.39. The van der Waals surface area contributed by atoms with Crippen molar-refractivity contribution in [1.29, 1.82) is 0 Å². The van der Waals surface area contributed by atoms with Crippen LogP contribution in [0.3, 0.4) is 0 Å². The number of nitrogens with zero attached hydrogens (tertiary/aromatic N) is 2. The van der Waals surface area contributed by atoms with E-state index < -0.39 is 0 Å². The summed E-state index contributed by atoms with van der Waals surface area (Å²) in [4.78, 5) is 18.7. The lowest BCUT2D eigenvalue weighted by molar-refractivity contribution is 0.0953. The third-order valence-electron chi connectivity index (χ3n) is 3.52. The van der Waals surface area contributed by atoms with Crippen molar-refractivity contribution in [3.8, 4) is 0 Å². The third kappa shape index (κ3) is 10.1. The summed E-state index contributed by atoms with van der Waals surface area (Å²) in [5.74, 6) is 0.879. The first-order chi connectivity index (χ1) is 11.7. The van der Waals surface area contributed by atoms with Gasteiger partial charge in [-0.3, -0.25) is 9.79 Å². The van der Waals surface area contributed by atoms with Gasteiger partial charge in [-0.1, -0.05) is 24.3 Å². The number of nitrogens with one attached hydrogen (secondary N) is 2. The van der Waals surface area contributed by atoms with Crippen molar-refractivity contribution in [2.45, 2.75) is 26.2 Å². The van der Waals surface area contributed by atoms with Crippen LogP contribution in [0, 0.1) is 0 Å². The highest BCUT2D eigenvalue weighted by Crippen LogP contribution is 1.98. The summed E-state index contributed by atoms with van der Waals surface area (Å²) in [5, 5.41) is 6.22. The SMILES string of the molecule is C=CCCCN(C)C(=NCCCNC(=O)c1ccccc1)NCC.I. The van der Waals surface area contributed by atoms with Crippen LogP contribution in [0.1, 0.15) is 36.5 Å². The second-order valence-corrected chi connectivity index (χ2v) is 5.56. The van der Waals surface area contributed by atoms with E-state index in [9.17, 15) is 4.79 Å². The Kier molecular flexibility index (Phi) is 13.8. The van der Waals surface area contributed by atoms with Crippen LogP contribution in [-0.2, 0) is 0 Å². The Balaban J connectivity index is 0.00000576. The Bertz CT molecular complexity index is 519. The number of aliphatic imine (C=N–C) groups is 1. The molecule has 0 aliphatic rings. The molecular weight excluding hydrogens is 427 g/mol. The molecule has 0 radical (unpaired) electrons. The number of halogens is 1. The molecule has 2 N–H and O–H groups in total. The van der Waals surface area contributed by atoms with Gasteiger partial charge in [-0.2, -0.15) is 0 Å². The molecule has 0 atom stereocenters. The molecule has 6 heteroatoms. The molecule has 0 spiro atoms. The van der Waals surface area contributed by atoms with E-state index in [1.807, 2.05) is 43.5 Å². The van der Waals surface area contributed by atoms with Crippen molar-refractivity contribution in [3.63, 3.8) is 0 Å². The minimum absolute atomic E-state index is 0. The van der Waals surface area contributed by atoms with Crippen LogP contribution >= 0.6 is 24.0 Å². The molecule has 140 valence electrons. The maximum absolute atomic E-state index is 11.9. The van der Waals surface area contributed by atoms with E-state index >= 15 is 0 Å². The van der Waals surface area contributed by atoms with Gasteiger partial charge in [0.1, 0.15) is 0 Å².